The fraction of sp³-hybridized carbons (Fsp3) is 0.364. The number of nitrogen functional groups attached to an aromatic ring is 2. The summed E-state index contributed by atoms with van der Waals surface area (Å²) in [6.45, 7) is 1.39. The predicted molar refractivity (Wildman–Crippen MR) is 66.2 cm³/mol. The Bertz CT molecular complexity index is 376. The molecule has 1 rings (SSSR count). The molecule has 0 saturated heterocycles. The van der Waals surface area contributed by atoms with Crippen LogP contribution in [0, 0.1) is 0 Å². The van der Waals surface area contributed by atoms with Crippen molar-refractivity contribution < 1.29 is 4.79 Å². The molecule has 0 fully saturated rings. The number of benzene rings is 1. The summed E-state index contributed by atoms with van der Waals surface area (Å²) in [4.78, 5) is 13.7. The maximum atomic E-state index is 11.7. The summed E-state index contributed by atoms with van der Waals surface area (Å²) in [6.07, 6.45) is 0. The van der Waals surface area contributed by atoms with E-state index in [1.54, 1.807) is 18.2 Å². The molecule has 0 unspecified atom stereocenters. The van der Waals surface area contributed by atoms with Crippen molar-refractivity contribution in [1.29, 1.82) is 0 Å². The highest BCUT2D eigenvalue weighted by molar-refractivity contribution is 5.99. The van der Waals surface area contributed by atoms with Gasteiger partial charge >= 0.3 is 0 Å². The number of hydrogen-bond donors (Lipinski definition) is 3. The van der Waals surface area contributed by atoms with E-state index in [-0.39, 0.29) is 5.91 Å². The standard InChI is InChI=1S/C11H18N4O/c1-15(2)6-5-14-11(16)9-4-3-8(12)7-10(9)13/h3-4,7H,5-6,12-13H2,1-2H3,(H,14,16). The molecule has 0 aromatic heterocycles. The van der Waals surface area contributed by atoms with Crippen molar-refractivity contribution >= 4 is 17.3 Å². The molecule has 0 saturated carbocycles. The second-order valence-corrected chi connectivity index (χ2v) is 3.91. The van der Waals surface area contributed by atoms with Crippen LogP contribution in [0.5, 0.6) is 0 Å². The van der Waals surface area contributed by atoms with Crippen molar-refractivity contribution in [3.05, 3.63) is 23.8 Å². The van der Waals surface area contributed by atoms with Gasteiger partial charge in [0, 0.05) is 24.5 Å². The van der Waals surface area contributed by atoms with Gasteiger partial charge in [-0.3, -0.25) is 4.79 Å². The molecule has 1 amide bonds. The van der Waals surface area contributed by atoms with E-state index < -0.39 is 0 Å². The zero-order chi connectivity index (χ0) is 12.1. The van der Waals surface area contributed by atoms with Gasteiger partial charge in [-0.1, -0.05) is 0 Å². The molecular weight excluding hydrogens is 204 g/mol. The van der Waals surface area contributed by atoms with E-state index in [9.17, 15) is 4.79 Å². The lowest BCUT2D eigenvalue weighted by Crippen LogP contribution is -2.31. The van der Waals surface area contributed by atoms with E-state index >= 15 is 0 Å². The summed E-state index contributed by atoms with van der Waals surface area (Å²) >= 11 is 0. The fourth-order valence-electron chi connectivity index (χ4n) is 1.28. The van der Waals surface area contributed by atoms with E-state index in [1.165, 1.54) is 0 Å². The number of anilines is 2. The van der Waals surface area contributed by atoms with Gasteiger partial charge in [0.2, 0.25) is 0 Å². The second-order valence-electron chi connectivity index (χ2n) is 3.91. The van der Waals surface area contributed by atoms with Gasteiger partial charge in [0.1, 0.15) is 0 Å². The maximum Gasteiger partial charge on any atom is 0.253 e. The minimum Gasteiger partial charge on any atom is -0.399 e. The lowest BCUT2D eigenvalue weighted by Gasteiger charge is -2.11. The average Bonchev–Trinajstić information content (AvgIpc) is 2.16. The van der Waals surface area contributed by atoms with Crippen LogP contribution in [0.15, 0.2) is 18.2 Å². The Labute approximate surface area is 95.4 Å². The number of nitrogens with one attached hydrogen (secondary N) is 1. The van der Waals surface area contributed by atoms with Crippen LogP contribution in [0.1, 0.15) is 10.4 Å². The van der Waals surface area contributed by atoms with Crippen LogP contribution < -0.4 is 16.8 Å². The van der Waals surface area contributed by atoms with Crippen LogP contribution in [0.3, 0.4) is 0 Å². The molecule has 0 heterocycles. The number of carbonyl (C=O) groups is 1. The molecule has 0 atom stereocenters. The van der Waals surface area contributed by atoms with Gasteiger partial charge < -0.3 is 21.7 Å². The highest BCUT2D eigenvalue weighted by Gasteiger charge is 2.08. The number of hydrogen-bond acceptors (Lipinski definition) is 4. The molecule has 0 aliphatic heterocycles. The topological polar surface area (TPSA) is 84.4 Å². The molecule has 5 N–H and O–H groups in total. The summed E-state index contributed by atoms with van der Waals surface area (Å²) in [6, 6.07) is 4.88. The Morgan fingerprint density at radius 3 is 2.62 bits per heavy atom. The fourth-order valence-corrected chi connectivity index (χ4v) is 1.28. The average molecular weight is 222 g/mol. The van der Waals surface area contributed by atoms with E-state index in [4.69, 9.17) is 11.5 Å². The van der Waals surface area contributed by atoms with Crippen LogP contribution in [0.4, 0.5) is 11.4 Å². The molecule has 1 aromatic rings. The van der Waals surface area contributed by atoms with E-state index in [1.807, 2.05) is 19.0 Å². The van der Waals surface area contributed by atoms with Gasteiger partial charge in [0.05, 0.1) is 5.56 Å². The number of carbonyl (C=O) groups excluding carboxylic acids is 1. The van der Waals surface area contributed by atoms with Crippen LogP contribution >= 0.6 is 0 Å². The van der Waals surface area contributed by atoms with Crippen LogP contribution in [0.25, 0.3) is 0 Å². The first-order valence-corrected chi connectivity index (χ1v) is 5.08. The number of nitrogens with two attached hydrogens (primary N) is 2. The van der Waals surface area contributed by atoms with Gasteiger partial charge in [0.25, 0.3) is 5.91 Å². The number of likely N-dealkylation sites (N-methyl/N-ethyl adjacent to an activating group) is 1. The van der Waals surface area contributed by atoms with E-state index in [0.717, 1.165) is 6.54 Å². The van der Waals surface area contributed by atoms with Gasteiger partial charge in [-0.15, -0.1) is 0 Å². The molecule has 0 spiro atoms. The van der Waals surface area contributed by atoms with Crippen molar-refractivity contribution in [3.63, 3.8) is 0 Å². The SMILES string of the molecule is CN(C)CCNC(=O)c1ccc(N)cc1N. The van der Waals surface area contributed by atoms with Gasteiger partial charge in [0.15, 0.2) is 0 Å². The second kappa shape index (κ2) is 5.37. The molecule has 5 heteroatoms. The molecule has 0 bridgehead atoms. The first-order valence-electron chi connectivity index (χ1n) is 5.08. The number of amides is 1. The summed E-state index contributed by atoms with van der Waals surface area (Å²) in [5, 5.41) is 2.79. The van der Waals surface area contributed by atoms with Crippen molar-refractivity contribution in [3.8, 4) is 0 Å². The Hall–Kier alpha value is -1.75. The van der Waals surface area contributed by atoms with E-state index in [2.05, 4.69) is 5.32 Å². The molecular formula is C11H18N4O. The minimum atomic E-state index is -0.167. The third kappa shape index (κ3) is 3.43. The zero-order valence-corrected chi connectivity index (χ0v) is 9.66. The van der Waals surface area contributed by atoms with Gasteiger partial charge in [-0.05, 0) is 32.3 Å². The first kappa shape index (κ1) is 12.3. The maximum absolute atomic E-state index is 11.7. The third-order valence-electron chi connectivity index (χ3n) is 2.16. The Balaban J connectivity index is 2.59. The lowest BCUT2D eigenvalue weighted by molar-refractivity contribution is 0.0952. The molecule has 0 aliphatic carbocycles. The molecule has 1 aromatic carbocycles. The summed E-state index contributed by atoms with van der Waals surface area (Å²) < 4.78 is 0. The molecule has 5 nitrogen and oxygen atoms in total. The van der Waals surface area contributed by atoms with Crippen molar-refractivity contribution in [1.82, 2.24) is 10.2 Å². The monoisotopic (exact) mass is 222 g/mol. The molecule has 0 aliphatic rings. The Morgan fingerprint density at radius 2 is 2.06 bits per heavy atom. The largest absolute Gasteiger partial charge is 0.399 e. The van der Waals surface area contributed by atoms with Crippen LogP contribution in [0.2, 0.25) is 0 Å². The highest BCUT2D eigenvalue weighted by atomic mass is 16.1. The first-order chi connectivity index (χ1) is 7.50. The zero-order valence-electron chi connectivity index (χ0n) is 9.66. The van der Waals surface area contributed by atoms with Crippen LogP contribution in [-0.4, -0.2) is 38.0 Å². The molecule has 16 heavy (non-hydrogen) atoms. The number of rotatable bonds is 4. The van der Waals surface area contributed by atoms with Crippen molar-refractivity contribution in [2.45, 2.75) is 0 Å². The molecule has 0 radical (unpaired) electrons. The van der Waals surface area contributed by atoms with Crippen LogP contribution in [-0.2, 0) is 0 Å². The number of nitrogens with zero attached hydrogens (tertiary/aromatic N) is 1. The smallest absolute Gasteiger partial charge is 0.253 e. The summed E-state index contributed by atoms with van der Waals surface area (Å²) in [5.74, 6) is -0.167. The van der Waals surface area contributed by atoms with E-state index in [0.29, 0.717) is 23.5 Å². The molecule has 88 valence electrons. The van der Waals surface area contributed by atoms with Gasteiger partial charge in [-0.2, -0.15) is 0 Å². The minimum absolute atomic E-state index is 0.167. The normalized spacial score (nSPS) is 10.4. The third-order valence-corrected chi connectivity index (χ3v) is 2.16. The summed E-state index contributed by atoms with van der Waals surface area (Å²) in [5.41, 5.74) is 12.7. The Kier molecular flexibility index (Phi) is 4.13. The lowest BCUT2D eigenvalue weighted by atomic mass is 10.1. The predicted octanol–water partition coefficient (Wildman–Crippen LogP) is 0.142. The van der Waals surface area contributed by atoms with Crippen molar-refractivity contribution in [2.24, 2.45) is 0 Å². The highest BCUT2D eigenvalue weighted by Crippen LogP contribution is 2.15. The Morgan fingerprint density at radius 1 is 1.38 bits per heavy atom. The summed E-state index contributed by atoms with van der Waals surface area (Å²) in [7, 11) is 3.90. The van der Waals surface area contributed by atoms with Crippen molar-refractivity contribution in [2.75, 3.05) is 38.7 Å². The van der Waals surface area contributed by atoms with Gasteiger partial charge in [-0.25, -0.2) is 0 Å². The quantitative estimate of drug-likeness (QED) is 0.633.